The van der Waals surface area contributed by atoms with E-state index in [-0.39, 0.29) is 54.6 Å². The number of benzene rings is 2. The van der Waals surface area contributed by atoms with Gasteiger partial charge in [-0.3, -0.25) is 29.3 Å². The van der Waals surface area contributed by atoms with Gasteiger partial charge in [0.15, 0.2) is 0 Å². The maximum absolute atomic E-state index is 15.2. The number of rotatable bonds is 9. The Morgan fingerprint density at radius 3 is 2.47 bits per heavy atom. The summed E-state index contributed by atoms with van der Waals surface area (Å²) in [6, 6.07) is 12.3. The summed E-state index contributed by atoms with van der Waals surface area (Å²) in [4.78, 5) is 66.3. The van der Waals surface area contributed by atoms with Crippen LogP contribution in [0.2, 0.25) is 0 Å². The molecule has 394 valence electrons. The number of fused-ring (bicyclic) bond motifs is 6. The number of likely N-dealkylation sites (tertiary alicyclic amines) is 2. The van der Waals surface area contributed by atoms with Crippen molar-refractivity contribution in [3.8, 4) is 22.4 Å². The van der Waals surface area contributed by atoms with Gasteiger partial charge in [-0.15, -0.1) is 0 Å². The summed E-state index contributed by atoms with van der Waals surface area (Å²) in [5.74, 6) is -1.17. The summed E-state index contributed by atoms with van der Waals surface area (Å²) in [7, 11) is 1.66. The van der Waals surface area contributed by atoms with E-state index in [0.29, 0.717) is 68.7 Å². The number of pyridine rings is 1. The molecule has 0 unspecified atom stereocenters. The van der Waals surface area contributed by atoms with Crippen molar-refractivity contribution < 1.29 is 42.2 Å². The predicted octanol–water partition coefficient (Wildman–Crippen LogP) is 9.58. The lowest BCUT2D eigenvalue weighted by Crippen LogP contribution is -2.62. The molecule has 9 rings (SSSR count). The van der Waals surface area contributed by atoms with Crippen molar-refractivity contribution in [1.29, 1.82) is 0 Å². The molecule has 0 radical (unpaired) electrons. The zero-order chi connectivity index (χ0) is 52.0. The molecule has 1 spiro atoms. The second-order valence-electron chi connectivity index (χ2n) is 23.3. The lowest BCUT2D eigenvalue weighted by Gasteiger charge is -2.37. The Balaban J connectivity index is 1.11. The van der Waals surface area contributed by atoms with Crippen LogP contribution in [0.4, 0.5) is 13.6 Å². The van der Waals surface area contributed by atoms with Crippen molar-refractivity contribution in [2.24, 2.45) is 16.7 Å². The van der Waals surface area contributed by atoms with Gasteiger partial charge in [-0.2, -0.15) is 0 Å². The number of esters is 1. The normalized spacial score (nSPS) is 24.0. The average Bonchev–Trinajstić information content (AvgIpc) is 4.19. The van der Waals surface area contributed by atoms with Crippen LogP contribution in [0.5, 0.6) is 0 Å². The predicted molar refractivity (Wildman–Crippen MR) is 275 cm³/mol. The van der Waals surface area contributed by atoms with E-state index in [4.69, 9.17) is 19.2 Å². The number of hydrogen-bond donors (Lipinski definition) is 2. The van der Waals surface area contributed by atoms with Gasteiger partial charge in [-0.05, 0) is 145 Å². The highest BCUT2D eigenvalue weighted by molar-refractivity contribution is 5.96. The second-order valence-corrected chi connectivity index (χ2v) is 23.3. The Morgan fingerprint density at radius 1 is 0.973 bits per heavy atom. The van der Waals surface area contributed by atoms with Crippen LogP contribution in [-0.2, 0) is 48.0 Å². The molecular formula is C57H75F2N7O7. The molecule has 4 aliphatic heterocycles. The minimum Gasteiger partial charge on any atom is -0.464 e. The Kier molecular flexibility index (Phi) is 15.1. The van der Waals surface area contributed by atoms with Gasteiger partial charge in [0, 0.05) is 85.3 Å². The number of aromatic nitrogens is 2. The van der Waals surface area contributed by atoms with Gasteiger partial charge >= 0.3 is 12.1 Å². The number of methoxy groups -OCH3 is 1. The Morgan fingerprint density at radius 2 is 1.74 bits per heavy atom. The number of amides is 3. The molecule has 2 N–H and O–H groups in total. The maximum atomic E-state index is 15.2. The molecule has 1 aliphatic carbocycles. The van der Waals surface area contributed by atoms with Gasteiger partial charge < -0.3 is 29.0 Å². The molecule has 3 amide bonds. The third kappa shape index (κ3) is 11.2. The quantitative estimate of drug-likeness (QED) is 0.156. The van der Waals surface area contributed by atoms with Crippen molar-refractivity contribution in [3.63, 3.8) is 0 Å². The molecule has 4 aromatic rings. The van der Waals surface area contributed by atoms with Gasteiger partial charge in [0.25, 0.3) is 12.3 Å². The molecule has 6 heterocycles. The number of nitrogens with zero attached hydrogens (tertiary/aromatic N) is 5. The van der Waals surface area contributed by atoms with Crippen molar-refractivity contribution in [1.82, 2.24) is 35.1 Å². The fourth-order valence-corrected chi connectivity index (χ4v) is 12.4. The highest BCUT2D eigenvalue weighted by atomic mass is 19.3. The van der Waals surface area contributed by atoms with E-state index in [1.165, 1.54) is 17.1 Å². The first-order valence-corrected chi connectivity index (χ1v) is 26.6. The third-order valence-electron chi connectivity index (χ3n) is 16.0. The Bertz CT molecular complexity index is 2710. The SMILES string of the molecule is CCn1c(-c2cccnc2[C@H](C)OC)c2c3cc(ccc31)-c1cc(cc(C(F)F)c1)C[C@H](NC(=O)[C@H](C1CCCC1)N1CC[C@]3(CCN(C(=O)OC(C)(C)C)C3)C1)C(=O)N1CCC[C@H](N1)C(=O)OCC(C)(C)C2. The van der Waals surface area contributed by atoms with Crippen LogP contribution >= 0.6 is 0 Å². The molecule has 2 aromatic heterocycles. The van der Waals surface area contributed by atoms with E-state index in [0.717, 1.165) is 71.9 Å². The van der Waals surface area contributed by atoms with Crippen LogP contribution < -0.4 is 10.7 Å². The number of halogens is 2. The molecule has 14 nitrogen and oxygen atoms in total. The molecule has 3 saturated heterocycles. The van der Waals surface area contributed by atoms with E-state index in [2.05, 4.69) is 53.1 Å². The number of nitrogens with one attached hydrogen (secondary N) is 2. The zero-order valence-electron chi connectivity index (χ0n) is 44.0. The largest absolute Gasteiger partial charge is 0.464 e. The minimum absolute atomic E-state index is 0.0501. The monoisotopic (exact) mass is 1010 g/mol. The van der Waals surface area contributed by atoms with E-state index >= 15 is 18.4 Å². The minimum atomic E-state index is -2.81. The lowest BCUT2D eigenvalue weighted by molar-refractivity contribution is -0.155. The van der Waals surface area contributed by atoms with E-state index in [1.54, 1.807) is 18.2 Å². The van der Waals surface area contributed by atoms with E-state index in [1.807, 2.05) is 52.0 Å². The first kappa shape index (κ1) is 52.4. The number of hydrogen-bond acceptors (Lipinski definition) is 10. The molecular weight excluding hydrogens is 933 g/mol. The lowest BCUT2D eigenvalue weighted by atomic mass is 9.84. The Hall–Kier alpha value is -5.45. The number of cyclic esters (lactones) is 1. The van der Waals surface area contributed by atoms with Crippen LogP contribution in [0.3, 0.4) is 0 Å². The first-order valence-electron chi connectivity index (χ1n) is 26.6. The topological polar surface area (TPSA) is 148 Å². The maximum Gasteiger partial charge on any atom is 0.410 e. The highest BCUT2D eigenvalue weighted by Gasteiger charge is 2.50. The molecule has 5 atom stereocenters. The van der Waals surface area contributed by atoms with Crippen LogP contribution in [0.1, 0.15) is 135 Å². The number of aryl methyl sites for hydroxylation is 1. The van der Waals surface area contributed by atoms with Gasteiger partial charge in [0.2, 0.25) is 5.91 Å². The van der Waals surface area contributed by atoms with E-state index in [9.17, 15) is 9.59 Å². The number of ether oxygens (including phenoxy) is 3. The molecule has 1 saturated carbocycles. The second kappa shape index (κ2) is 21.1. The molecule has 16 heteroatoms. The van der Waals surface area contributed by atoms with E-state index < -0.39 is 47.4 Å². The molecule has 6 bridgehead atoms. The number of hydrazine groups is 1. The third-order valence-corrected chi connectivity index (χ3v) is 16.0. The average molecular weight is 1010 g/mol. The van der Waals surface area contributed by atoms with Gasteiger partial charge in [0.1, 0.15) is 17.7 Å². The summed E-state index contributed by atoms with van der Waals surface area (Å²) in [5.41, 5.74) is 7.95. The fourth-order valence-electron chi connectivity index (χ4n) is 12.4. The van der Waals surface area contributed by atoms with Gasteiger partial charge in [-0.1, -0.05) is 44.9 Å². The fraction of sp³-hybridized carbons (Fsp3) is 0.596. The van der Waals surface area contributed by atoms with Crippen LogP contribution in [-0.4, -0.2) is 118 Å². The van der Waals surface area contributed by atoms with Crippen LogP contribution in [0, 0.1) is 16.7 Å². The molecule has 5 aliphatic rings. The summed E-state index contributed by atoms with van der Waals surface area (Å²) < 4.78 is 50.3. The van der Waals surface area contributed by atoms with Gasteiger partial charge in [0.05, 0.1) is 30.1 Å². The highest BCUT2D eigenvalue weighted by Crippen LogP contribution is 2.45. The van der Waals surface area contributed by atoms with Gasteiger partial charge in [-0.25, -0.2) is 19.0 Å². The molecule has 4 fully saturated rings. The van der Waals surface area contributed by atoms with Crippen molar-refractivity contribution >= 4 is 34.8 Å². The first-order chi connectivity index (χ1) is 34.8. The summed E-state index contributed by atoms with van der Waals surface area (Å²) >= 11 is 0. The van der Waals surface area contributed by atoms with Crippen molar-refractivity contribution in [3.05, 3.63) is 77.1 Å². The number of alkyl halides is 2. The van der Waals surface area contributed by atoms with Crippen molar-refractivity contribution in [2.45, 2.75) is 155 Å². The zero-order valence-corrected chi connectivity index (χ0v) is 44.0. The summed E-state index contributed by atoms with van der Waals surface area (Å²) in [6.07, 6.45) is 4.99. The summed E-state index contributed by atoms with van der Waals surface area (Å²) in [6.45, 7) is 17.2. The standard InChI is InChI=1S/C57H75F2N7O7/c1-9-65-46-19-18-38-30-42(46)43(49(65)41-16-12-22-60-47(41)35(2)71-8)31-56(6,7)34-72-53(69)44-17-13-23-66(62-44)52(68)45(28-36-26-39(38)29-40(27-36)50(58)59)61-51(67)48(37-14-10-11-15-37)63-24-20-57(32-63)21-25-64(33-57)54(70)73-55(3,4)5/h12,16,18-19,22,26-27,29-30,35,37,44-45,48,50,62H,9-11,13-15,17,20-21,23-25,28,31-34H2,1-8H3,(H,61,67)/t35-,44-,45-,48-,57-/m0/s1. The number of carbonyl (C=O) groups is 4. The molecule has 2 aromatic carbocycles. The number of carbonyl (C=O) groups excluding carboxylic acids is 4. The smallest absolute Gasteiger partial charge is 0.410 e. The summed E-state index contributed by atoms with van der Waals surface area (Å²) in [5, 5.41) is 5.55. The Labute approximate surface area is 428 Å². The van der Waals surface area contributed by atoms with Crippen LogP contribution in [0.15, 0.2) is 54.7 Å². The molecule has 73 heavy (non-hydrogen) atoms. The van der Waals surface area contributed by atoms with Crippen LogP contribution in [0.25, 0.3) is 33.3 Å². The van der Waals surface area contributed by atoms with Crippen molar-refractivity contribution in [2.75, 3.05) is 46.4 Å².